The summed E-state index contributed by atoms with van der Waals surface area (Å²) < 4.78 is 1.25. The lowest BCUT2D eigenvalue weighted by molar-refractivity contribution is -0.133. The summed E-state index contributed by atoms with van der Waals surface area (Å²) in [4.78, 5) is 37.9. The average molecular weight is 262 g/mol. The predicted octanol–water partition coefficient (Wildman–Crippen LogP) is -1.37. The average Bonchev–Trinajstić information content (AvgIpc) is 2.74. The van der Waals surface area contributed by atoms with Gasteiger partial charge < -0.3 is 5.32 Å². The number of nitrogens with one attached hydrogen (secondary N) is 3. The number of carbonyl (C=O) groups is 2. The maximum absolute atomic E-state index is 11.6. The van der Waals surface area contributed by atoms with E-state index in [-0.39, 0.29) is 23.9 Å². The third-order valence-electron chi connectivity index (χ3n) is 2.87. The van der Waals surface area contributed by atoms with Crippen molar-refractivity contribution in [2.45, 2.75) is 18.9 Å². The van der Waals surface area contributed by atoms with Gasteiger partial charge in [0.25, 0.3) is 0 Å². The second-order valence-corrected chi connectivity index (χ2v) is 4.18. The lowest BCUT2D eigenvalue weighted by atomic mass is 10.1. The molecule has 0 radical (unpaired) electrons. The fourth-order valence-electron chi connectivity index (χ4n) is 1.90. The fourth-order valence-corrected chi connectivity index (χ4v) is 1.90. The Morgan fingerprint density at radius 2 is 2.21 bits per heavy atom. The van der Waals surface area contributed by atoms with Crippen LogP contribution in [0.3, 0.4) is 0 Å². The molecule has 98 valence electrons. The molecule has 0 spiro atoms. The monoisotopic (exact) mass is 262 g/mol. The lowest BCUT2D eigenvalue weighted by Gasteiger charge is -2.22. The minimum Gasteiger partial charge on any atom is -0.358 e. The predicted molar refractivity (Wildman–Crippen MR) is 63.4 cm³/mol. The van der Waals surface area contributed by atoms with Crippen LogP contribution in [0, 0.1) is 0 Å². The highest BCUT2D eigenvalue weighted by atomic mass is 16.2. The second-order valence-electron chi connectivity index (χ2n) is 4.18. The highest BCUT2D eigenvalue weighted by Crippen LogP contribution is 2.12. The number of hydrogen-bond donors (Lipinski definition) is 3. The molecule has 0 bridgehead atoms. The molecule has 0 saturated carbocycles. The maximum atomic E-state index is 11.6. The van der Waals surface area contributed by atoms with E-state index >= 15 is 0 Å². The molecular weight excluding hydrogens is 252 g/mol. The number of rotatable bonds is 2. The Hall–Kier alpha value is -2.71. The summed E-state index contributed by atoms with van der Waals surface area (Å²) in [5, 5.41) is 11.2. The Labute approximate surface area is 106 Å². The Morgan fingerprint density at radius 1 is 1.37 bits per heavy atom. The van der Waals surface area contributed by atoms with Gasteiger partial charge in [-0.05, 0) is 6.42 Å². The molecule has 1 unspecified atom stereocenters. The molecule has 2 amide bonds. The third kappa shape index (κ3) is 2.05. The van der Waals surface area contributed by atoms with E-state index in [9.17, 15) is 14.4 Å². The number of carbonyl (C=O) groups excluding carboxylic acids is 2. The van der Waals surface area contributed by atoms with E-state index in [1.807, 2.05) is 0 Å². The first kappa shape index (κ1) is 11.4. The van der Waals surface area contributed by atoms with E-state index in [2.05, 4.69) is 25.8 Å². The largest absolute Gasteiger partial charge is 0.358 e. The first-order chi connectivity index (χ1) is 9.13. The summed E-state index contributed by atoms with van der Waals surface area (Å²) in [5.41, 5.74) is 0.0184. The van der Waals surface area contributed by atoms with Crippen molar-refractivity contribution < 1.29 is 9.59 Å². The van der Waals surface area contributed by atoms with Gasteiger partial charge in [-0.2, -0.15) is 5.10 Å². The number of hydrogen-bond acceptors (Lipinski definition) is 6. The van der Waals surface area contributed by atoms with Gasteiger partial charge in [0.05, 0.1) is 0 Å². The molecule has 1 aliphatic rings. The van der Waals surface area contributed by atoms with Gasteiger partial charge in [0.2, 0.25) is 11.8 Å². The standard InChI is InChI=1S/C10H10N6O3/c17-8-2-1-5(9(18)13-8)12-6-3-7-14-15-10(19)16(7)4-11-6/h3-5,12H,1-2H2,(H,15,19)(H,13,17,18). The van der Waals surface area contributed by atoms with Gasteiger partial charge in [-0.1, -0.05) is 0 Å². The van der Waals surface area contributed by atoms with Crippen molar-refractivity contribution in [3.05, 3.63) is 22.9 Å². The molecule has 19 heavy (non-hydrogen) atoms. The Balaban J connectivity index is 1.83. The van der Waals surface area contributed by atoms with E-state index in [0.29, 0.717) is 17.9 Å². The molecular formula is C10H10N6O3. The summed E-state index contributed by atoms with van der Waals surface area (Å²) in [6.45, 7) is 0. The van der Waals surface area contributed by atoms with Crippen LogP contribution >= 0.6 is 0 Å². The number of fused-ring (bicyclic) bond motifs is 1. The minimum absolute atomic E-state index is 0.273. The molecule has 0 aromatic carbocycles. The minimum atomic E-state index is -0.515. The first-order valence-corrected chi connectivity index (χ1v) is 5.66. The number of aromatic amines is 1. The Kier molecular flexibility index (Phi) is 2.51. The lowest BCUT2D eigenvalue weighted by Crippen LogP contribution is -2.47. The van der Waals surface area contributed by atoms with Crippen LogP contribution in [0.5, 0.6) is 0 Å². The van der Waals surface area contributed by atoms with Crippen molar-refractivity contribution in [1.29, 1.82) is 0 Å². The van der Waals surface area contributed by atoms with Crippen LogP contribution in [0.25, 0.3) is 5.65 Å². The first-order valence-electron chi connectivity index (χ1n) is 5.66. The van der Waals surface area contributed by atoms with Crippen molar-refractivity contribution in [3.63, 3.8) is 0 Å². The summed E-state index contributed by atoms with van der Waals surface area (Å²) in [6, 6.07) is 1.03. The van der Waals surface area contributed by atoms with Gasteiger partial charge in [0.1, 0.15) is 18.2 Å². The Bertz CT molecular complexity index is 717. The highest BCUT2D eigenvalue weighted by molar-refractivity contribution is 6.01. The maximum Gasteiger partial charge on any atom is 0.348 e. The molecule has 2 aromatic heterocycles. The van der Waals surface area contributed by atoms with Crippen LogP contribution in [-0.2, 0) is 9.59 Å². The molecule has 3 heterocycles. The quantitative estimate of drug-likeness (QED) is 0.574. The summed E-state index contributed by atoms with van der Waals surface area (Å²) in [5.74, 6) is -0.233. The second kappa shape index (κ2) is 4.19. The van der Waals surface area contributed by atoms with E-state index in [4.69, 9.17) is 0 Å². The molecule has 0 aliphatic carbocycles. The molecule has 1 aliphatic heterocycles. The van der Waals surface area contributed by atoms with Crippen LogP contribution < -0.4 is 16.3 Å². The van der Waals surface area contributed by atoms with Crippen LogP contribution in [0.4, 0.5) is 5.82 Å². The van der Waals surface area contributed by atoms with Crippen molar-refractivity contribution in [2.24, 2.45) is 0 Å². The van der Waals surface area contributed by atoms with Crippen molar-refractivity contribution in [1.82, 2.24) is 24.9 Å². The van der Waals surface area contributed by atoms with Crippen molar-refractivity contribution >= 4 is 23.3 Å². The summed E-state index contributed by atoms with van der Waals surface area (Å²) in [6.07, 6.45) is 2.01. The van der Waals surface area contributed by atoms with Gasteiger partial charge in [0.15, 0.2) is 5.65 Å². The molecule has 3 N–H and O–H groups in total. The van der Waals surface area contributed by atoms with Gasteiger partial charge in [0, 0.05) is 12.5 Å². The van der Waals surface area contributed by atoms with Crippen molar-refractivity contribution in [2.75, 3.05) is 5.32 Å². The number of nitrogens with zero attached hydrogens (tertiary/aromatic N) is 3. The van der Waals surface area contributed by atoms with E-state index in [1.165, 1.54) is 10.7 Å². The fraction of sp³-hybridized carbons (Fsp3) is 0.300. The van der Waals surface area contributed by atoms with E-state index in [0.717, 1.165) is 0 Å². The number of aromatic nitrogens is 4. The number of piperidine rings is 1. The summed E-state index contributed by atoms with van der Waals surface area (Å²) in [7, 11) is 0. The van der Waals surface area contributed by atoms with Gasteiger partial charge >= 0.3 is 5.69 Å². The van der Waals surface area contributed by atoms with E-state index in [1.54, 1.807) is 6.07 Å². The molecule has 1 atom stereocenters. The van der Waals surface area contributed by atoms with Gasteiger partial charge in [-0.3, -0.25) is 14.9 Å². The number of anilines is 1. The zero-order valence-electron chi connectivity index (χ0n) is 9.71. The van der Waals surface area contributed by atoms with Crippen LogP contribution in [0.1, 0.15) is 12.8 Å². The molecule has 3 rings (SSSR count). The van der Waals surface area contributed by atoms with E-state index < -0.39 is 6.04 Å². The smallest absolute Gasteiger partial charge is 0.348 e. The molecule has 9 heteroatoms. The normalized spacial score (nSPS) is 19.5. The Morgan fingerprint density at radius 3 is 3.00 bits per heavy atom. The van der Waals surface area contributed by atoms with Crippen molar-refractivity contribution in [3.8, 4) is 0 Å². The zero-order chi connectivity index (χ0) is 13.4. The number of imide groups is 1. The SMILES string of the molecule is O=C1CCC(Nc2cc3n[nH]c(=O)n3cn2)C(=O)N1. The zero-order valence-corrected chi connectivity index (χ0v) is 9.71. The molecule has 2 aromatic rings. The van der Waals surface area contributed by atoms with Crippen LogP contribution in [0.2, 0.25) is 0 Å². The van der Waals surface area contributed by atoms with Crippen LogP contribution in [0.15, 0.2) is 17.2 Å². The molecule has 1 saturated heterocycles. The highest BCUT2D eigenvalue weighted by Gasteiger charge is 2.26. The molecule has 1 fully saturated rings. The van der Waals surface area contributed by atoms with Gasteiger partial charge in [-0.25, -0.2) is 19.3 Å². The number of H-pyrrole nitrogens is 1. The van der Waals surface area contributed by atoms with Crippen LogP contribution in [-0.4, -0.2) is 37.4 Å². The third-order valence-corrected chi connectivity index (χ3v) is 2.87. The molecule has 9 nitrogen and oxygen atoms in total. The summed E-state index contributed by atoms with van der Waals surface area (Å²) >= 11 is 0. The topological polar surface area (TPSA) is 121 Å². The number of amides is 2. The van der Waals surface area contributed by atoms with Gasteiger partial charge in [-0.15, -0.1) is 0 Å².